The highest BCUT2D eigenvalue weighted by Gasteiger charge is 2.15. The van der Waals surface area contributed by atoms with Crippen LogP contribution in [0.3, 0.4) is 0 Å². The van der Waals surface area contributed by atoms with Gasteiger partial charge >= 0.3 is 0 Å². The van der Waals surface area contributed by atoms with Crippen LogP contribution in [0.4, 0.5) is 0 Å². The van der Waals surface area contributed by atoms with Crippen molar-refractivity contribution in [2.45, 2.75) is 12.8 Å². The van der Waals surface area contributed by atoms with Gasteiger partial charge in [0.05, 0.1) is 20.9 Å². The molecule has 0 fully saturated rings. The fourth-order valence-electron chi connectivity index (χ4n) is 2.69. The second kappa shape index (κ2) is 7.09. The predicted molar refractivity (Wildman–Crippen MR) is 104 cm³/mol. The Morgan fingerprint density at radius 1 is 1.12 bits per heavy atom. The fraction of sp³-hybridized carbons (Fsp3) is 0.150. The zero-order chi connectivity index (χ0) is 17.9. The van der Waals surface area contributed by atoms with Gasteiger partial charge in [-0.15, -0.1) is 11.3 Å². The zero-order valence-corrected chi connectivity index (χ0v) is 15.1. The van der Waals surface area contributed by atoms with Crippen LogP contribution in [-0.2, 0) is 0 Å². The third kappa shape index (κ3) is 3.36. The molecule has 0 saturated heterocycles. The highest BCUT2D eigenvalue weighted by atomic mass is 32.1. The van der Waals surface area contributed by atoms with E-state index in [0.29, 0.717) is 12.2 Å². The number of para-hydroxylation sites is 2. The van der Waals surface area contributed by atoms with Gasteiger partial charge in [-0.3, -0.25) is 4.79 Å². The van der Waals surface area contributed by atoms with Crippen LogP contribution < -0.4 is 5.32 Å². The third-order valence-electron chi connectivity index (χ3n) is 4.14. The van der Waals surface area contributed by atoms with Crippen LogP contribution in [0.15, 0.2) is 66.9 Å². The first kappa shape index (κ1) is 16.5. The topological polar surface area (TPSA) is 59.8 Å². The number of nitrogens with one attached hydrogen (secondary N) is 1. The largest absolute Gasteiger partial charge is 0.350 e. The van der Waals surface area contributed by atoms with Gasteiger partial charge in [0.15, 0.2) is 5.69 Å². The van der Waals surface area contributed by atoms with E-state index in [9.17, 15) is 4.79 Å². The molecular formula is C20H18N4OS. The summed E-state index contributed by atoms with van der Waals surface area (Å²) in [6, 6.07) is 19.5. The van der Waals surface area contributed by atoms with E-state index in [4.69, 9.17) is 0 Å². The standard InChI is InChI=1S/C20H18N4OS/c1-14(20-22-16-9-5-6-10-18(16)26-20)13-21-19(25)17-11-12-24(23-17)15-7-3-2-4-8-15/h2-12,14H,13H2,1H3,(H,21,25). The summed E-state index contributed by atoms with van der Waals surface area (Å²) in [5, 5.41) is 8.34. The van der Waals surface area contributed by atoms with Crippen molar-refractivity contribution in [1.29, 1.82) is 0 Å². The van der Waals surface area contributed by atoms with Crippen LogP contribution in [0.5, 0.6) is 0 Å². The van der Waals surface area contributed by atoms with E-state index >= 15 is 0 Å². The van der Waals surface area contributed by atoms with E-state index in [1.165, 1.54) is 4.70 Å². The summed E-state index contributed by atoms with van der Waals surface area (Å²) in [7, 11) is 0. The number of hydrogen-bond donors (Lipinski definition) is 1. The Bertz CT molecular complexity index is 1010. The maximum atomic E-state index is 12.4. The molecule has 2 heterocycles. The smallest absolute Gasteiger partial charge is 0.271 e. The molecule has 0 aliphatic heterocycles. The van der Waals surface area contributed by atoms with Crippen LogP contribution in [0.2, 0.25) is 0 Å². The van der Waals surface area contributed by atoms with Crippen LogP contribution in [0, 0.1) is 0 Å². The van der Waals surface area contributed by atoms with Crippen molar-refractivity contribution >= 4 is 27.5 Å². The summed E-state index contributed by atoms with van der Waals surface area (Å²) >= 11 is 1.67. The number of rotatable bonds is 5. The maximum Gasteiger partial charge on any atom is 0.271 e. The molecule has 0 saturated carbocycles. The summed E-state index contributed by atoms with van der Waals surface area (Å²) in [5.74, 6) is -0.0276. The third-order valence-corrected chi connectivity index (χ3v) is 5.41. The second-order valence-electron chi connectivity index (χ2n) is 6.11. The van der Waals surface area contributed by atoms with Crippen molar-refractivity contribution in [2.75, 3.05) is 6.54 Å². The van der Waals surface area contributed by atoms with Crippen molar-refractivity contribution in [3.63, 3.8) is 0 Å². The predicted octanol–water partition coefficient (Wildman–Crippen LogP) is 4.02. The number of benzene rings is 2. The summed E-state index contributed by atoms with van der Waals surface area (Å²) in [6.07, 6.45) is 1.79. The lowest BCUT2D eigenvalue weighted by Crippen LogP contribution is -2.28. The fourth-order valence-corrected chi connectivity index (χ4v) is 3.71. The normalized spacial score (nSPS) is 12.2. The van der Waals surface area contributed by atoms with E-state index in [2.05, 4.69) is 28.4 Å². The minimum absolute atomic E-state index is 0.146. The molecule has 0 radical (unpaired) electrons. The lowest BCUT2D eigenvalue weighted by atomic mass is 10.2. The molecule has 0 aliphatic carbocycles. The number of amides is 1. The average Bonchev–Trinajstić information content (AvgIpc) is 3.33. The number of hydrogen-bond acceptors (Lipinski definition) is 4. The molecule has 4 rings (SSSR count). The van der Waals surface area contributed by atoms with Crippen LogP contribution in [-0.4, -0.2) is 27.2 Å². The van der Waals surface area contributed by atoms with Gasteiger partial charge in [0, 0.05) is 18.7 Å². The van der Waals surface area contributed by atoms with Crippen molar-refractivity contribution < 1.29 is 4.79 Å². The zero-order valence-electron chi connectivity index (χ0n) is 14.3. The molecule has 6 heteroatoms. The number of aromatic nitrogens is 3. The Morgan fingerprint density at radius 3 is 2.69 bits per heavy atom. The molecule has 1 atom stereocenters. The molecule has 4 aromatic rings. The second-order valence-corrected chi connectivity index (χ2v) is 7.17. The molecule has 1 amide bonds. The van der Waals surface area contributed by atoms with Gasteiger partial charge in [0.2, 0.25) is 0 Å². The Labute approximate surface area is 155 Å². The summed E-state index contributed by atoms with van der Waals surface area (Å²) in [5.41, 5.74) is 2.34. The molecule has 1 N–H and O–H groups in total. The SMILES string of the molecule is CC(CNC(=O)c1ccn(-c2ccccc2)n1)c1nc2ccccc2s1. The van der Waals surface area contributed by atoms with E-state index in [-0.39, 0.29) is 11.8 Å². The molecule has 2 aromatic carbocycles. The average molecular weight is 362 g/mol. The van der Waals surface area contributed by atoms with Crippen LogP contribution in [0.1, 0.15) is 28.3 Å². The molecule has 2 aromatic heterocycles. The Balaban J connectivity index is 1.41. The van der Waals surface area contributed by atoms with Gasteiger partial charge in [0.25, 0.3) is 5.91 Å². The molecule has 26 heavy (non-hydrogen) atoms. The number of nitrogens with zero attached hydrogens (tertiary/aromatic N) is 3. The monoisotopic (exact) mass is 362 g/mol. The molecular weight excluding hydrogens is 344 g/mol. The summed E-state index contributed by atoms with van der Waals surface area (Å²) in [6.45, 7) is 2.59. The minimum atomic E-state index is -0.173. The van der Waals surface area contributed by atoms with Crippen molar-refractivity contribution in [3.05, 3.63) is 77.6 Å². The number of carbonyl (C=O) groups excluding carboxylic acids is 1. The minimum Gasteiger partial charge on any atom is -0.350 e. The molecule has 130 valence electrons. The quantitative estimate of drug-likeness (QED) is 0.583. The molecule has 0 bridgehead atoms. The van der Waals surface area contributed by atoms with Gasteiger partial charge in [-0.2, -0.15) is 5.10 Å². The van der Waals surface area contributed by atoms with Crippen molar-refractivity contribution in [2.24, 2.45) is 0 Å². The highest BCUT2D eigenvalue weighted by molar-refractivity contribution is 7.18. The van der Waals surface area contributed by atoms with Crippen molar-refractivity contribution in [3.8, 4) is 5.69 Å². The van der Waals surface area contributed by atoms with Gasteiger partial charge in [-0.05, 0) is 30.3 Å². The lowest BCUT2D eigenvalue weighted by Gasteiger charge is -2.09. The Hall–Kier alpha value is -2.99. The molecule has 0 spiro atoms. The van der Waals surface area contributed by atoms with Gasteiger partial charge in [0.1, 0.15) is 0 Å². The maximum absolute atomic E-state index is 12.4. The number of fused-ring (bicyclic) bond motifs is 1. The van der Waals surface area contributed by atoms with E-state index in [1.807, 2.05) is 48.5 Å². The first-order chi connectivity index (χ1) is 12.7. The van der Waals surface area contributed by atoms with Gasteiger partial charge in [-0.25, -0.2) is 9.67 Å². The van der Waals surface area contributed by atoms with Crippen LogP contribution >= 0.6 is 11.3 Å². The first-order valence-electron chi connectivity index (χ1n) is 8.45. The Kier molecular flexibility index (Phi) is 4.50. The highest BCUT2D eigenvalue weighted by Crippen LogP contribution is 2.26. The van der Waals surface area contributed by atoms with E-state index in [1.54, 1.807) is 28.3 Å². The Morgan fingerprint density at radius 2 is 1.88 bits per heavy atom. The van der Waals surface area contributed by atoms with E-state index < -0.39 is 0 Å². The number of carbonyl (C=O) groups is 1. The summed E-state index contributed by atoms with van der Waals surface area (Å²) < 4.78 is 2.87. The van der Waals surface area contributed by atoms with Gasteiger partial charge < -0.3 is 5.32 Å². The van der Waals surface area contributed by atoms with Crippen LogP contribution in [0.25, 0.3) is 15.9 Å². The molecule has 0 aliphatic rings. The lowest BCUT2D eigenvalue weighted by molar-refractivity contribution is 0.0946. The number of thiazole rings is 1. The molecule has 1 unspecified atom stereocenters. The van der Waals surface area contributed by atoms with E-state index in [0.717, 1.165) is 16.2 Å². The first-order valence-corrected chi connectivity index (χ1v) is 9.27. The van der Waals surface area contributed by atoms with Gasteiger partial charge in [-0.1, -0.05) is 37.3 Å². The molecule has 5 nitrogen and oxygen atoms in total. The van der Waals surface area contributed by atoms with Crippen molar-refractivity contribution in [1.82, 2.24) is 20.1 Å². The summed E-state index contributed by atoms with van der Waals surface area (Å²) in [4.78, 5) is 17.0.